The number of nitrogens with one attached hydrogen (secondary N) is 1. The van der Waals surface area contributed by atoms with Gasteiger partial charge >= 0.3 is 0 Å². The van der Waals surface area contributed by atoms with E-state index >= 15 is 0 Å². The fraction of sp³-hybridized carbons (Fsp3) is 0.200. The third-order valence-electron chi connectivity index (χ3n) is 3.26. The van der Waals surface area contributed by atoms with Gasteiger partial charge in [0, 0.05) is 20.2 Å². The average molecular weight is 307 g/mol. The van der Waals surface area contributed by atoms with Crippen LogP contribution in [0.3, 0.4) is 0 Å². The Morgan fingerprint density at radius 3 is 2.85 bits per heavy atom. The third-order valence-corrected chi connectivity index (χ3v) is 4.79. The van der Waals surface area contributed by atoms with Crippen LogP contribution in [0, 0.1) is 0 Å². The van der Waals surface area contributed by atoms with E-state index < -0.39 is 0 Å². The van der Waals surface area contributed by atoms with Crippen molar-refractivity contribution in [1.29, 1.82) is 0 Å². The molecule has 0 spiro atoms. The van der Waals surface area contributed by atoms with E-state index in [1.165, 1.54) is 4.88 Å². The lowest BCUT2D eigenvalue weighted by molar-refractivity contribution is 0.481. The Kier molecular flexibility index (Phi) is 3.81. The summed E-state index contributed by atoms with van der Waals surface area (Å²) in [6.07, 6.45) is 1.03. The molecule has 0 aliphatic rings. The van der Waals surface area contributed by atoms with Gasteiger partial charge in [-0.3, -0.25) is 5.84 Å². The largest absolute Gasteiger partial charge is 0.459 e. The van der Waals surface area contributed by atoms with Gasteiger partial charge in [-0.15, -0.1) is 11.3 Å². The Bertz CT molecular complexity index is 734. The van der Waals surface area contributed by atoms with Gasteiger partial charge in [0.25, 0.3) is 0 Å². The predicted molar refractivity (Wildman–Crippen MR) is 84.1 cm³/mol. The van der Waals surface area contributed by atoms with Crippen LogP contribution >= 0.6 is 22.9 Å². The van der Waals surface area contributed by atoms with Crippen LogP contribution in [-0.4, -0.2) is 0 Å². The summed E-state index contributed by atoms with van der Waals surface area (Å²) in [4.78, 5) is 2.48. The van der Waals surface area contributed by atoms with Crippen LogP contribution in [0.15, 0.2) is 40.8 Å². The molecular formula is C15H15ClN2OS. The molecule has 20 heavy (non-hydrogen) atoms. The zero-order chi connectivity index (χ0) is 14.1. The molecule has 3 nitrogen and oxygen atoms in total. The third kappa shape index (κ3) is 2.47. The highest BCUT2D eigenvalue weighted by Crippen LogP contribution is 2.32. The van der Waals surface area contributed by atoms with Gasteiger partial charge in [0.05, 0.1) is 0 Å². The number of rotatable bonds is 4. The summed E-state index contributed by atoms with van der Waals surface area (Å²) >= 11 is 7.75. The minimum absolute atomic E-state index is 0.133. The van der Waals surface area contributed by atoms with Crippen LogP contribution in [0.5, 0.6) is 0 Å². The first-order valence-corrected chi connectivity index (χ1v) is 7.64. The zero-order valence-electron chi connectivity index (χ0n) is 11.0. The fourth-order valence-corrected chi connectivity index (χ4v) is 3.42. The maximum atomic E-state index is 6.00. The topological polar surface area (TPSA) is 51.2 Å². The van der Waals surface area contributed by atoms with E-state index in [2.05, 4.69) is 24.5 Å². The Hall–Kier alpha value is -1.33. The van der Waals surface area contributed by atoms with Gasteiger partial charge in [0.15, 0.2) is 0 Å². The molecule has 0 aliphatic carbocycles. The van der Waals surface area contributed by atoms with Crippen molar-refractivity contribution in [2.24, 2.45) is 5.84 Å². The molecule has 2 heterocycles. The molecular weight excluding hydrogens is 292 g/mol. The van der Waals surface area contributed by atoms with E-state index in [1.54, 1.807) is 11.3 Å². The van der Waals surface area contributed by atoms with Crippen molar-refractivity contribution in [2.45, 2.75) is 19.4 Å². The molecule has 3 aromatic rings. The first-order chi connectivity index (χ1) is 9.71. The quantitative estimate of drug-likeness (QED) is 0.559. The van der Waals surface area contributed by atoms with Crippen molar-refractivity contribution in [3.05, 3.63) is 56.9 Å². The normalized spacial score (nSPS) is 12.9. The fourth-order valence-electron chi connectivity index (χ4n) is 2.22. The van der Waals surface area contributed by atoms with Crippen LogP contribution in [0.1, 0.15) is 28.5 Å². The van der Waals surface area contributed by atoms with E-state index in [9.17, 15) is 0 Å². The minimum Gasteiger partial charge on any atom is -0.459 e. The lowest BCUT2D eigenvalue weighted by atomic mass is 10.1. The van der Waals surface area contributed by atoms with Crippen molar-refractivity contribution in [3.8, 4) is 0 Å². The number of benzene rings is 1. The van der Waals surface area contributed by atoms with Crippen molar-refractivity contribution < 1.29 is 4.42 Å². The summed E-state index contributed by atoms with van der Waals surface area (Å²) in [5.41, 5.74) is 3.65. The lowest BCUT2D eigenvalue weighted by Gasteiger charge is -2.10. The second-order valence-corrected chi connectivity index (χ2v) is 6.22. The summed E-state index contributed by atoms with van der Waals surface area (Å²) < 4.78 is 5.88. The number of hydrogen-bond acceptors (Lipinski definition) is 4. The highest BCUT2D eigenvalue weighted by molar-refractivity contribution is 7.12. The highest BCUT2D eigenvalue weighted by atomic mass is 35.5. The first kappa shape index (κ1) is 13.6. The molecule has 0 radical (unpaired) electrons. The van der Waals surface area contributed by atoms with Gasteiger partial charge in [-0.05, 0) is 42.8 Å². The van der Waals surface area contributed by atoms with Gasteiger partial charge in [0.2, 0.25) is 0 Å². The predicted octanol–water partition coefficient (Wildman–Crippen LogP) is 4.26. The SMILES string of the molecule is CCc1ccc(C(NN)c2cc3cc(Cl)ccc3o2)s1. The molecule has 104 valence electrons. The summed E-state index contributed by atoms with van der Waals surface area (Å²) in [6.45, 7) is 2.14. The standard InChI is InChI=1S/C15H15ClN2OS/c1-2-11-4-6-14(20-11)15(18-17)13-8-9-7-10(16)3-5-12(9)19-13/h3-8,15,18H,2,17H2,1H3. The molecule has 3 N–H and O–H groups in total. The molecule has 0 bridgehead atoms. The van der Waals surface area contributed by atoms with E-state index in [-0.39, 0.29) is 6.04 Å². The summed E-state index contributed by atoms with van der Waals surface area (Å²) in [5.74, 6) is 6.51. The Labute approximate surface area is 126 Å². The summed E-state index contributed by atoms with van der Waals surface area (Å²) in [7, 11) is 0. The van der Waals surface area contributed by atoms with Crippen LogP contribution in [0.25, 0.3) is 11.0 Å². The molecule has 1 atom stereocenters. The van der Waals surface area contributed by atoms with Crippen LogP contribution in [0.2, 0.25) is 5.02 Å². The number of aryl methyl sites for hydroxylation is 1. The summed E-state index contributed by atoms with van der Waals surface area (Å²) in [5, 5.41) is 1.69. The molecule has 3 rings (SSSR count). The molecule has 0 amide bonds. The Morgan fingerprint density at radius 2 is 2.15 bits per heavy atom. The van der Waals surface area contributed by atoms with Crippen LogP contribution < -0.4 is 11.3 Å². The number of hydrazine groups is 1. The monoisotopic (exact) mass is 306 g/mol. The average Bonchev–Trinajstić information content (AvgIpc) is 3.06. The van der Waals surface area contributed by atoms with Crippen LogP contribution in [-0.2, 0) is 6.42 Å². The molecule has 0 fully saturated rings. The first-order valence-electron chi connectivity index (χ1n) is 6.45. The number of nitrogens with two attached hydrogens (primary N) is 1. The maximum Gasteiger partial charge on any atom is 0.134 e. The molecule has 5 heteroatoms. The number of furan rings is 1. The number of hydrogen-bond donors (Lipinski definition) is 2. The van der Waals surface area contributed by atoms with Gasteiger partial charge in [0.1, 0.15) is 17.4 Å². The zero-order valence-corrected chi connectivity index (χ0v) is 12.6. The van der Waals surface area contributed by atoms with E-state index in [0.717, 1.165) is 28.0 Å². The van der Waals surface area contributed by atoms with Gasteiger partial charge in [-0.2, -0.15) is 0 Å². The minimum atomic E-state index is -0.133. The van der Waals surface area contributed by atoms with Gasteiger partial charge < -0.3 is 4.42 Å². The molecule has 2 aromatic heterocycles. The number of fused-ring (bicyclic) bond motifs is 1. The smallest absolute Gasteiger partial charge is 0.134 e. The molecule has 1 unspecified atom stereocenters. The van der Waals surface area contributed by atoms with Crippen molar-refractivity contribution in [2.75, 3.05) is 0 Å². The number of thiophene rings is 1. The number of halogens is 1. The Balaban J connectivity index is 2.02. The van der Waals surface area contributed by atoms with Gasteiger partial charge in [-0.25, -0.2) is 5.43 Å². The van der Waals surface area contributed by atoms with E-state index in [0.29, 0.717) is 5.02 Å². The Morgan fingerprint density at radius 1 is 1.30 bits per heavy atom. The van der Waals surface area contributed by atoms with Crippen molar-refractivity contribution >= 4 is 33.9 Å². The second-order valence-electron chi connectivity index (χ2n) is 4.59. The van der Waals surface area contributed by atoms with Gasteiger partial charge in [-0.1, -0.05) is 18.5 Å². The molecule has 0 saturated heterocycles. The lowest BCUT2D eigenvalue weighted by Crippen LogP contribution is -2.27. The maximum absolute atomic E-state index is 6.00. The molecule has 0 aliphatic heterocycles. The second kappa shape index (κ2) is 5.58. The van der Waals surface area contributed by atoms with E-state index in [1.807, 2.05) is 24.3 Å². The van der Waals surface area contributed by atoms with Crippen molar-refractivity contribution in [1.82, 2.24) is 5.43 Å². The summed E-state index contributed by atoms with van der Waals surface area (Å²) in [6, 6.07) is 11.7. The highest BCUT2D eigenvalue weighted by Gasteiger charge is 2.19. The van der Waals surface area contributed by atoms with Crippen molar-refractivity contribution in [3.63, 3.8) is 0 Å². The molecule has 0 saturated carbocycles. The molecule has 1 aromatic carbocycles. The van der Waals surface area contributed by atoms with Crippen LogP contribution in [0.4, 0.5) is 0 Å². The van der Waals surface area contributed by atoms with E-state index in [4.69, 9.17) is 21.9 Å².